The van der Waals surface area contributed by atoms with Gasteiger partial charge in [0.15, 0.2) is 0 Å². The maximum Gasteiger partial charge on any atom is 0.0888 e. The van der Waals surface area contributed by atoms with Crippen LogP contribution in [0, 0.1) is 0 Å². The third-order valence-electron chi connectivity index (χ3n) is 3.70. The zero-order chi connectivity index (χ0) is 15.8. The number of ether oxygens (including phenoxy) is 1. The van der Waals surface area contributed by atoms with Gasteiger partial charge in [0.05, 0.1) is 12.4 Å². The molecule has 0 radical (unpaired) electrons. The summed E-state index contributed by atoms with van der Waals surface area (Å²) in [5.41, 5.74) is 9.96. The quantitative estimate of drug-likeness (QED) is 0.725. The van der Waals surface area contributed by atoms with E-state index < -0.39 is 0 Å². The van der Waals surface area contributed by atoms with Gasteiger partial charge >= 0.3 is 0 Å². The topological polar surface area (TPSA) is 35.2 Å². The number of benzene rings is 2. The van der Waals surface area contributed by atoms with E-state index in [9.17, 15) is 0 Å². The molecule has 0 amide bonds. The van der Waals surface area contributed by atoms with Crippen LogP contribution < -0.4 is 5.73 Å². The van der Waals surface area contributed by atoms with Crippen LogP contribution in [0.15, 0.2) is 66.9 Å². The monoisotopic (exact) mass is 295 g/mol. The largest absolute Gasteiger partial charge is 0.499 e. The SMILES string of the molecule is C=C(CCC(N)Cc1ccc(-c2ccccc2)cc1)OCC. The van der Waals surface area contributed by atoms with Gasteiger partial charge in [-0.05, 0) is 36.5 Å². The molecule has 0 spiro atoms. The summed E-state index contributed by atoms with van der Waals surface area (Å²) in [6.07, 6.45) is 2.62. The molecule has 1 unspecified atom stereocenters. The Balaban J connectivity index is 1.87. The lowest BCUT2D eigenvalue weighted by atomic mass is 9.99. The van der Waals surface area contributed by atoms with Crippen molar-refractivity contribution < 1.29 is 4.74 Å². The van der Waals surface area contributed by atoms with E-state index in [4.69, 9.17) is 10.5 Å². The Labute approximate surface area is 133 Å². The lowest BCUT2D eigenvalue weighted by Gasteiger charge is -2.13. The minimum atomic E-state index is 0.139. The molecule has 0 bridgehead atoms. The van der Waals surface area contributed by atoms with E-state index in [0.29, 0.717) is 6.61 Å². The molecule has 0 heterocycles. The minimum Gasteiger partial charge on any atom is -0.499 e. The van der Waals surface area contributed by atoms with Gasteiger partial charge in [0, 0.05) is 12.5 Å². The molecule has 0 aliphatic heterocycles. The van der Waals surface area contributed by atoms with E-state index in [1.807, 2.05) is 13.0 Å². The van der Waals surface area contributed by atoms with Crippen molar-refractivity contribution in [3.63, 3.8) is 0 Å². The fourth-order valence-corrected chi connectivity index (χ4v) is 2.49. The maximum absolute atomic E-state index is 6.20. The van der Waals surface area contributed by atoms with Crippen molar-refractivity contribution in [1.29, 1.82) is 0 Å². The molecule has 1 atom stereocenters. The Morgan fingerprint density at radius 3 is 2.32 bits per heavy atom. The molecule has 0 saturated heterocycles. The van der Waals surface area contributed by atoms with E-state index in [2.05, 4.69) is 55.1 Å². The first-order valence-corrected chi connectivity index (χ1v) is 7.89. The zero-order valence-electron chi connectivity index (χ0n) is 13.3. The van der Waals surface area contributed by atoms with E-state index >= 15 is 0 Å². The molecule has 2 heteroatoms. The molecule has 0 saturated carbocycles. The van der Waals surface area contributed by atoms with Crippen molar-refractivity contribution >= 4 is 0 Å². The van der Waals surface area contributed by atoms with Gasteiger partial charge in [-0.25, -0.2) is 0 Å². The molecule has 0 aromatic heterocycles. The van der Waals surface area contributed by atoms with Gasteiger partial charge in [-0.1, -0.05) is 61.2 Å². The summed E-state index contributed by atoms with van der Waals surface area (Å²) in [7, 11) is 0. The van der Waals surface area contributed by atoms with Crippen LogP contribution in [0.2, 0.25) is 0 Å². The van der Waals surface area contributed by atoms with Gasteiger partial charge in [-0.2, -0.15) is 0 Å². The Morgan fingerprint density at radius 1 is 1.05 bits per heavy atom. The Hall–Kier alpha value is -2.06. The van der Waals surface area contributed by atoms with Crippen molar-refractivity contribution in [2.75, 3.05) is 6.61 Å². The van der Waals surface area contributed by atoms with Crippen molar-refractivity contribution in [2.45, 2.75) is 32.2 Å². The van der Waals surface area contributed by atoms with E-state index in [0.717, 1.165) is 25.0 Å². The first kappa shape index (κ1) is 16.3. The number of rotatable bonds is 8. The van der Waals surface area contributed by atoms with Crippen LogP contribution in [0.25, 0.3) is 11.1 Å². The lowest BCUT2D eigenvalue weighted by Crippen LogP contribution is -2.22. The molecule has 0 aliphatic rings. The highest BCUT2D eigenvalue weighted by Crippen LogP contribution is 2.20. The summed E-state index contributed by atoms with van der Waals surface area (Å²) in [6, 6.07) is 19.2. The summed E-state index contributed by atoms with van der Waals surface area (Å²) in [6.45, 7) is 6.54. The summed E-state index contributed by atoms with van der Waals surface area (Å²) >= 11 is 0. The van der Waals surface area contributed by atoms with E-state index in [1.54, 1.807) is 0 Å². The summed E-state index contributed by atoms with van der Waals surface area (Å²) < 4.78 is 5.36. The molecule has 2 aromatic rings. The van der Waals surface area contributed by atoms with Crippen molar-refractivity contribution in [3.05, 3.63) is 72.5 Å². The third kappa shape index (κ3) is 5.05. The fraction of sp³-hybridized carbons (Fsp3) is 0.300. The van der Waals surface area contributed by atoms with Crippen LogP contribution in [0.1, 0.15) is 25.3 Å². The number of nitrogens with two attached hydrogens (primary N) is 1. The third-order valence-corrected chi connectivity index (χ3v) is 3.70. The predicted molar refractivity (Wildman–Crippen MR) is 93.6 cm³/mol. The Morgan fingerprint density at radius 2 is 1.68 bits per heavy atom. The van der Waals surface area contributed by atoms with Gasteiger partial charge in [0.25, 0.3) is 0 Å². The highest BCUT2D eigenvalue weighted by molar-refractivity contribution is 5.63. The number of hydrogen-bond donors (Lipinski definition) is 1. The lowest BCUT2D eigenvalue weighted by molar-refractivity contribution is 0.217. The zero-order valence-corrected chi connectivity index (χ0v) is 13.3. The second kappa shape index (κ2) is 8.40. The average Bonchev–Trinajstić information content (AvgIpc) is 2.55. The molecular weight excluding hydrogens is 270 g/mol. The van der Waals surface area contributed by atoms with E-state index in [-0.39, 0.29) is 6.04 Å². The van der Waals surface area contributed by atoms with Crippen LogP contribution in [0.5, 0.6) is 0 Å². The summed E-state index contributed by atoms with van der Waals surface area (Å²) in [4.78, 5) is 0. The van der Waals surface area contributed by atoms with Crippen LogP contribution in [-0.2, 0) is 11.2 Å². The molecule has 0 fully saturated rings. The van der Waals surface area contributed by atoms with Gasteiger partial charge in [-0.3, -0.25) is 0 Å². The molecular formula is C20H25NO. The fourth-order valence-electron chi connectivity index (χ4n) is 2.49. The molecule has 22 heavy (non-hydrogen) atoms. The first-order valence-electron chi connectivity index (χ1n) is 7.89. The first-order chi connectivity index (χ1) is 10.7. The normalized spacial score (nSPS) is 11.9. The highest BCUT2D eigenvalue weighted by atomic mass is 16.5. The van der Waals surface area contributed by atoms with Crippen LogP contribution >= 0.6 is 0 Å². The minimum absolute atomic E-state index is 0.139. The van der Waals surface area contributed by atoms with Crippen molar-refractivity contribution in [1.82, 2.24) is 0 Å². The van der Waals surface area contributed by atoms with Gasteiger partial charge in [0.1, 0.15) is 0 Å². The van der Waals surface area contributed by atoms with Gasteiger partial charge in [-0.15, -0.1) is 0 Å². The Bertz CT molecular complexity index is 574. The van der Waals surface area contributed by atoms with Crippen molar-refractivity contribution in [2.24, 2.45) is 5.73 Å². The molecule has 2 nitrogen and oxygen atoms in total. The smallest absolute Gasteiger partial charge is 0.0888 e. The predicted octanol–water partition coefficient (Wildman–Crippen LogP) is 4.55. The molecule has 2 N–H and O–H groups in total. The average molecular weight is 295 g/mol. The molecule has 0 aliphatic carbocycles. The van der Waals surface area contributed by atoms with Gasteiger partial charge in [0.2, 0.25) is 0 Å². The van der Waals surface area contributed by atoms with Crippen LogP contribution in [0.3, 0.4) is 0 Å². The molecule has 2 rings (SSSR count). The van der Waals surface area contributed by atoms with E-state index in [1.165, 1.54) is 16.7 Å². The maximum atomic E-state index is 6.20. The Kier molecular flexibility index (Phi) is 6.23. The van der Waals surface area contributed by atoms with Crippen molar-refractivity contribution in [3.8, 4) is 11.1 Å². The summed E-state index contributed by atoms with van der Waals surface area (Å²) in [5.74, 6) is 0.831. The second-order valence-corrected chi connectivity index (χ2v) is 5.54. The molecule has 2 aromatic carbocycles. The highest BCUT2D eigenvalue weighted by Gasteiger charge is 2.06. The van der Waals surface area contributed by atoms with Crippen LogP contribution in [0.4, 0.5) is 0 Å². The number of hydrogen-bond acceptors (Lipinski definition) is 2. The molecule has 116 valence electrons. The van der Waals surface area contributed by atoms with Crippen LogP contribution in [-0.4, -0.2) is 12.6 Å². The standard InChI is InChI=1S/C20H25NO/c1-3-22-16(2)9-14-20(21)15-17-10-12-19(13-11-17)18-7-5-4-6-8-18/h4-8,10-13,20H,2-3,9,14-15,21H2,1H3. The second-order valence-electron chi connectivity index (χ2n) is 5.54. The van der Waals surface area contributed by atoms with Gasteiger partial charge < -0.3 is 10.5 Å². The number of allylic oxidation sites excluding steroid dienone is 1. The summed E-state index contributed by atoms with van der Waals surface area (Å²) in [5, 5.41) is 0.